The van der Waals surface area contributed by atoms with E-state index >= 15 is 0 Å². The van der Waals surface area contributed by atoms with Crippen LogP contribution >= 0.6 is 0 Å². The monoisotopic (exact) mass is 453 g/mol. The zero-order chi connectivity index (χ0) is 24.3. The lowest BCUT2D eigenvalue weighted by atomic mass is 9.95. The second-order valence-electron chi connectivity index (χ2n) is 8.34. The predicted octanol–water partition coefficient (Wildman–Crippen LogP) is 3.37. The topological polar surface area (TPSA) is 113 Å². The molecule has 174 valence electrons. The van der Waals surface area contributed by atoms with Gasteiger partial charge < -0.3 is 19.6 Å². The number of hydrogen-bond acceptors (Lipinski definition) is 7. The summed E-state index contributed by atoms with van der Waals surface area (Å²) in [4.78, 5) is 39.7. The lowest BCUT2D eigenvalue weighted by molar-refractivity contribution is -0.384. The molecule has 2 aromatic rings. The summed E-state index contributed by atoms with van der Waals surface area (Å²) in [5.41, 5.74) is 0.707. The van der Waals surface area contributed by atoms with Gasteiger partial charge in [-0.2, -0.15) is 0 Å². The summed E-state index contributed by atoms with van der Waals surface area (Å²) in [7, 11) is 3.69. The van der Waals surface area contributed by atoms with E-state index in [2.05, 4.69) is 0 Å². The molecule has 1 N–H and O–H groups in total. The molecule has 0 spiro atoms. The molecule has 0 saturated carbocycles. The van der Waals surface area contributed by atoms with Gasteiger partial charge in [-0.1, -0.05) is 0 Å². The van der Waals surface area contributed by atoms with Crippen LogP contribution < -0.4 is 4.74 Å². The van der Waals surface area contributed by atoms with Crippen LogP contribution in [0.5, 0.6) is 5.75 Å². The molecule has 1 amide bonds. The number of Topliss-reactive ketones (excluding diaryl/α,β-unsaturated/α-hetero) is 1. The number of carbonyl (C=O) groups is 2. The number of ether oxygens (including phenoxy) is 1. The molecule has 0 radical (unpaired) electrons. The molecule has 3 rings (SSSR count). The van der Waals surface area contributed by atoms with Gasteiger partial charge in [0.2, 0.25) is 0 Å². The highest BCUT2D eigenvalue weighted by molar-refractivity contribution is 6.46. The van der Waals surface area contributed by atoms with E-state index in [0.717, 1.165) is 0 Å². The zero-order valence-electron chi connectivity index (χ0n) is 19.0. The molecule has 1 saturated heterocycles. The highest BCUT2D eigenvalue weighted by Crippen LogP contribution is 2.39. The largest absolute Gasteiger partial charge is 0.507 e. The van der Waals surface area contributed by atoms with Crippen LogP contribution in [-0.2, 0) is 9.59 Å². The molecule has 1 fully saturated rings. The third-order valence-electron chi connectivity index (χ3n) is 5.25. The van der Waals surface area contributed by atoms with E-state index in [0.29, 0.717) is 23.4 Å². The maximum Gasteiger partial charge on any atom is 0.295 e. The minimum atomic E-state index is -0.864. The van der Waals surface area contributed by atoms with Gasteiger partial charge in [0.05, 0.1) is 22.6 Å². The van der Waals surface area contributed by atoms with Gasteiger partial charge in [-0.3, -0.25) is 19.7 Å². The average Bonchev–Trinajstić information content (AvgIpc) is 3.02. The number of likely N-dealkylation sites (tertiary alicyclic amines) is 1. The number of likely N-dealkylation sites (N-methyl/N-ethyl adjacent to an activating group) is 1. The molecule has 1 heterocycles. The zero-order valence-corrected chi connectivity index (χ0v) is 19.0. The normalized spacial score (nSPS) is 17.8. The molecule has 1 aliphatic heterocycles. The fourth-order valence-electron chi connectivity index (χ4n) is 3.66. The summed E-state index contributed by atoms with van der Waals surface area (Å²) in [5, 5.41) is 22.1. The van der Waals surface area contributed by atoms with Crippen molar-refractivity contribution in [3.8, 4) is 5.75 Å². The fourth-order valence-corrected chi connectivity index (χ4v) is 3.66. The van der Waals surface area contributed by atoms with Crippen LogP contribution in [0.4, 0.5) is 5.69 Å². The number of aliphatic hydroxyl groups is 1. The highest BCUT2D eigenvalue weighted by atomic mass is 16.6. The Morgan fingerprint density at radius 3 is 2.24 bits per heavy atom. The standard InChI is InChI=1S/C24H27N3O6/c1-15(2)33-19-11-7-17(8-12-19)22(28)20-21(16-5-9-18(10-6-16)27(31)32)26(14-13-25(3)4)24(30)23(20)29/h5-12,15,21,28H,13-14H2,1-4H3/t21-/m1/s1. The quantitative estimate of drug-likeness (QED) is 0.214. The molecule has 1 aliphatic rings. The number of hydrogen-bond donors (Lipinski definition) is 1. The SMILES string of the molecule is CC(C)Oc1ccc(C(O)=C2C(=O)C(=O)N(CCN(C)C)[C@@H]2c2ccc([N+](=O)[O-])cc2)cc1. The Labute approximate surface area is 192 Å². The number of aliphatic hydroxyl groups excluding tert-OH is 1. The van der Waals surface area contributed by atoms with Gasteiger partial charge in [-0.25, -0.2) is 0 Å². The third kappa shape index (κ3) is 5.20. The second kappa shape index (κ2) is 9.83. The number of nitrogens with zero attached hydrogens (tertiary/aromatic N) is 3. The summed E-state index contributed by atoms with van der Waals surface area (Å²) in [6.07, 6.45) is -0.0198. The summed E-state index contributed by atoms with van der Waals surface area (Å²) >= 11 is 0. The average molecular weight is 453 g/mol. The molecular weight excluding hydrogens is 426 g/mol. The number of rotatable bonds is 8. The van der Waals surface area contributed by atoms with E-state index in [-0.39, 0.29) is 29.7 Å². The Morgan fingerprint density at radius 1 is 1.12 bits per heavy atom. The summed E-state index contributed by atoms with van der Waals surface area (Å²) < 4.78 is 5.62. The van der Waals surface area contributed by atoms with Crippen LogP contribution in [0.3, 0.4) is 0 Å². The molecule has 9 nitrogen and oxygen atoms in total. The van der Waals surface area contributed by atoms with Crippen molar-refractivity contribution in [1.29, 1.82) is 0 Å². The van der Waals surface area contributed by atoms with Crippen LogP contribution in [-0.4, -0.2) is 64.8 Å². The van der Waals surface area contributed by atoms with E-state index in [9.17, 15) is 24.8 Å². The Hall–Kier alpha value is -3.72. The lowest BCUT2D eigenvalue weighted by Crippen LogP contribution is -2.35. The number of carbonyl (C=O) groups excluding carboxylic acids is 2. The van der Waals surface area contributed by atoms with Crippen molar-refractivity contribution >= 4 is 23.1 Å². The van der Waals surface area contributed by atoms with Crippen molar-refractivity contribution in [2.45, 2.75) is 26.0 Å². The summed E-state index contributed by atoms with van der Waals surface area (Å²) in [6, 6.07) is 11.4. The van der Waals surface area contributed by atoms with E-state index in [4.69, 9.17) is 4.74 Å². The number of non-ortho nitro benzene ring substituents is 1. The van der Waals surface area contributed by atoms with E-state index in [1.54, 1.807) is 24.3 Å². The number of nitro groups is 1. The Morgan fingerprint density at radius 2 is 1.73 bits per heavy atom. The molecule has 0 aromatic heterocycles. The second-order valence-corrected chi connectivity index (χ2v) is 8.34. The van der Waals surface area contributed by atoms with E-state index in [1.165, 1.54) is 29.2 Å². The van der Waals surface area contributed by atoms with Crippen LogP contribution in [0.15, 0.2) is 54.1 Å². The third-order valence-corrected chi connectivity index (χ3v) is 5.25. The van der Waals surface area contributed by atoms with Gasteiger partial charge >= 0.3 is 0 Å². The van der Waals surface area contributed by atoms with Gasteiger partial charge in [-0.05, 0) is 69.9 Å². The van der Waals surface area contributed by atoms with Crippen molar-refractivity contribution in [2.24, 2.45) is 0 Å². The number of benzene rings is 2. The summed E-state index contributed by atoms with van der Waals surface area (Å²) in [5.74, 6) is -1.21. The van der Waals surface area contributed by atoms with Gasteiger partial charge in [0.1, 0.15) is 11.5 Å². The first-order valence-electron chi connectivity index (χ1n) is 10.5. The van der Waals surface area contributed by atoms with Crippen molar-refractivity contribution in [3.63, 3.8) is 0 Å². The number of nitro benzene ring substituents is 1. The molecule has 2 aromatic carbocycles. The molecule has 33 heavy (non-hydrogen) atoms. The van der Waals surface area contributed by atoms with Crippen LogP contribution in [0, 0.1) is 10.1 Å². The van der Waals surface area contributed by atoms with Gasteiger partial charge in [0.15, 0.2) is 0 Å². The van der Waals surface area contributed by atoms with Gasteiger partial charge in [-0.15, -0.1) is 0 Å². The first-order chi connectivity index (χ1) is 15.6. The van der Waals surface area contributed by atoms with Crippen LogP contribution in [0.1, 0.15) is 31.0 Å². The first-order valence-corrected chi connectivity index (χ1v) is 10.5. The van der Waals surface area contributed by atoms with Crippen molar-refractivity contribution in [1.82, 2.24) is 9.80 Å². The van der Waals surface area contributed by atoms with Gasteiger partial charge in [0, 0.05) is 30.8 Å². The van der Waals surface area contributed by atoms with E-state index in [1.807, 2.05) is 32.8 Å². The Bertz CT molecular complexity index is 1070. The lowest BCUT2D eigenvalue weighted by Gasteiger charge is -2.26. The maximum absolute atomic E-state index is 13.0. The molecule has 9 heteroatoms. The predicted molar refractivity (Wildman–Crippen MR) is 123 cm³/mol. The minimum Gasteiger partial charge on any atom is -0.507 e. The molecule has 1 atom stereocenters. The van der Waals surface area contributed by atoms with Crippen molar-refractivity contribution in [3.05, 3.63) is 75.3 Å². The van der Waals surface area contributed by atoms with E-state index < -0.39 is 22.7 Å². The summed E-state index contributed by atoms with van der Waals surface area (Å²) in [6.45, 7) is 4.54. The number of amides is 1. The minimum absolute atomic E-state index is 0.0198. The van der Waals surface area contributed by atoms with Crippen molar-refractivity contribution < 1.29 is 24.4 Å². The number of ketones is 1. The smallest absolute Gasteiger partial charge is 0.295 e. The fraction of sp³-hybridized carbons (Fsp3) is 0.333. The molecular formula is C24H27N3O6. The highest BCUT2D eigenvalue weighted by Gasteiger charge is 2.46. The van der Waals surface area contributed by atoms with Crippen LogP contribution in [0.25, 0.3) is 5.76 Å². The molecule has 0 aliphatic carbocycles. The maximum atomic E-state index is 13.0. The first kappa shape index (κ1) is 23.9. The molecule has 0 unspecified atom stereocenters. The Balaban J connectivity index is 2.08. The van der Waals surface area contributed by atoms with Crippen LogP contribution in [0.2, 0.25) is 0 Å². The Kier molecular flexibility index (Phi) is 7.13. The molecule has 0 bridgehead atoms. The van der Waals surface area contributed by atoms with Gasteiger partial charge in [0.25, 0.3) is 17.4 Å². The van der Waals surface area contributed by atoms with Crippen molar-refractivity contribution in [2.75, 3.05) is 27.2 Å².